The van der Waals surface area contributed by atoms with Gasteiger partial charge in [-0.05, 0) is 40.7 Å². The number of thioether (sulfide) groups is 1. The summed E-state index contributed by atoms with van der Waals surface area (Å²) in [5.74, 6) is -0.196. The molecule has 0 radical (unpaired) electrons. The van der Waals surface area contributed by atoms with Crippen molar-refractivity contribution in [3.63, 3.8) is 0 Å². The van der Waals surface area contributed by atoms with E-state index in [1.807, 2.05) is 25.6 Å². The number of rotatable bonds is 9. The Morgan fingerprint density at radius 1 is 1.22 bits per heavy atom. The second-order valence-electron chi connectivity index (χ2n) is 8.38. The molecule has 2 heterocycles. The summed E-state index contributed by atoms with van der Waals surface area (Å²) in [6.07, 6.45) is 5.25. The summed E-state index contributed by atoms with van der Waals surface area (Å²) in [5, 5.41) is 0. The van der Waals surface area contributed by atoms with E-state index in [4.69, 9.17) is 9.47 Å². The summed E-state index contributed by atoms with van der Waals surface area (Å²) in [6, 6.07) is 0. The predicted molar refractivity (Wildman–Crippen MR) is 104 cm³/mol. The van der Waals surface area contributed by atoms with Gasteiger partial charge < -0.3 is 18.9 Å². The highest BCUT2D eigenvalue weighted by molar-refractivity contribution is 8.02. The van der Waals surface area contributed by atoms with Crippen molar-refractivity contribution in [3.8, 4) is 0 Å². The van der Waals surface area contributed by atoms with Crippen LogP contribution in [0.15, 0.2) is 6.20 Å². The smallest absolute Gasteiger partial charge is 0.185 e. The molecule has 7 nitrogen and oxygen atoms in total. The number of aldehydes is 2. The van der Waals surface area contributed by atoms with Crippen LogP contribution in [0, 0.1) is 0 Å². The monoisotopic (exact) mass is 395 g/mol. The van der Waals surface area contributed by atoms with Crippen molar-refractivity contribution in [2.24, 2.45) is 0 Å². The zero-order valence-corrected chi connectivity index (χ0v) is 17.4. The Morgan fingerprint density at radius 3 is 2.44 bits per heavy atom. The number of nitrogens with zero attached hydrogens (tertiary/aromatic N) is 3. The van der Waals surface area contributed by atoms with Crippen LogP contribution in [0.1, 0.15) is 54.7 Å². The van der Waals surface area contributed by atoms with Gasteiger partial charge in [0.1, 0.15) is 5.69 Å². The molecule has 0 aromatic carbocycles. The largest absolute Gasteiger partial charge is 0.349 e. The molecule has 27 heavy (non-hydrogen) atoms. The Bertz CT molecular complexity index is 664. The summed E-state index contributed by atoms with van der Waals surface area (Å²) < 4.78 is 13.6. The van der Waals surface area contributed by atoms with Crippen molar-refractivity contribution < 1.29 is 19.1 Å². The number of likely N-dealkylation sites (N-methyl/N-ethyl adjacent to an activating group) is 1. The zero-order chi connectivity index (χ0) is 19.7. The quantitative estimate of drug-likeness (QED) is 0.594. The van der Waals surface area contributed by atoms with Crippen LogP contribution in [-0.4, -0.2) is 75.7 Å². The summed E-state index contributed by atoms with van der Waals surface area (Å²) >= 11 is 1.98. The molecule has 0 amide bonds. The Hall–Kier alpha value is -1.22. The number of carbonyl (C=O) groups excluding carboxylic acids is 2. The maximum atomic E-state index is 11.1. The number of hydrogen-bond acceptors (Lipinski definition) is 7. The lowest BCUT2D eigenvalue weighted by molar-refractivity contribution is -0.253. The normalized spacial score (nSPS) is 22.6. The van der Waals surface area contributed by atoms with E-state index in [0.717, 1.165) is 19.4 Å². The fraction of sp³-hybridized carbons (Fsp3) is 0.737. The van der Waals surface area contributed by atoms with Crippen molar-refractivity contribution in [2.45, 2.75) is 55.4 Å². The standard InChI is InChI=1S/C19H29N3O4S/c1-17(2)25-13-18(3,14-26-17)27-19(5-6-19)12-21(4)7-8-22-15(10-23)9-20-16(22)11-24/h9-11H,5-8,12-14H2,1-4H3. The summed E-state index contributed by atoms with van der Waals surface area (Å²) in [6.45, 7) is 9.77. The van der Waals surface area contributed by atoms with Gasteiger partial charge in [0.15, 0.2) is 24.2 Å². The molecule has 8 heteroatoms. The predicted octanol–water partition coefficient (Wildman–Crippen LogP) is 2.25. The fourth-order valence-corrected chi connectivity index (χ4v) is 5.30. The Kier molecular flexibility index (Phi) is 5.82. The van der Waals surface area contributed by atoms with E-state index < -0.39 is 5.79 Å². The molecular weight excluding hydrogens is 366 g/mol. The third kappa shape index (κ3) is 4.99. The van der Waals surface area contributed by atoms with E-state index in [-0.39, 0.29) is 9.49 Å². The van der Waals surface area contributed by atoms with Crippen molar-refractivity contribution in [2.75, 3.05) is 33.4 Å². The minimum Gasteiger partial charge on any atom is -0.349 e. The highest BCUT2D eigenvalue weighted by Crippen LogP contribution is 2.54. The molecule has 2 aliphatic rings. The van der Waals surface area contributed by atoms with Crippen LogP contribution >= 0.6 is 11.8 Å². The first-order valence-electron chi connectivity index (χ1n) is 9.32. The van der Waals surface area contributed by atoms with E-state index >= 15 is 0 Å². The Morgan fingerprint density at radius 2 is 1.89 bits per heavy atom. The zero-order valence-electron chi connectivity index (χ0n) is 16.6. The van der Waals surface area contributed by atoms with Crippen LogP contribution in [0.3, 0.4) is 0 Å². The van der Waals surface area contributed by atoms with Crippen LogP contribution in [0.4, 0.5) is 0 Å². The number of imidazole rings is 1. The Labute approximate surface area is 164 Å². The van der Waals surface area contributed by atoms with E-state index in [1.165, 1.54) is 19.0 Å². The van der Waals surface area contributed by atoms with E-state index in [1.54, 1.807) is 4.57 Å². The molecule has 1 aliphatic heterocycles. The van der Waals surface area contributed by atoms with Gasteiger partial charge in [-0.1, -0.05) is 0 Å². The lowest BCUT2D eigenvalue weighted by atomic mass is 10.1. The fourth-order valence-electron chi connectivity index (χ4n) is 3.43. The number of ether oxygens (including phenoxy) is 2. The molecule has 1 aromatic rings. The number of carbonyl (C=O) groups is 2. The summed E-state index contributed by atoms with van der Waals surface area (Å²) in [7, 11) is 2.08. The highest BCUT2D eigenvalue weighted by Gasteiger charge is 2.50. The molecule has 0 atom stereocenters. The third-order valence-corrected chi connectivity index (χ3v) is 6.83. The number of aromatic nitrogens is 2. The molecule has 0 unspecified atom stereocenters. The van der Waals surface area contributed by atoms with Gasteiger partial charge in [0.2, 0.25) is 0 Å². The minimum atomic E-state index is -0.495. The molecular formula is C19H29N3O4S. The van der Waals surface area contributed by atoms with Gasteiger partial charge in [0, 0.05) is 24.4 Å². The van der Waals surface area contributed by atoms with Crippen molar-refractivity contribution in [1.82, 2.24) is 14.5 Å². The average Bonchev–Trinajstić information content (AvgIpc) is 3.23. The van der Waals surface area contributed by atoms with Crippen LogP contribution in [-0.2, 0) is 16.0 Å². The average molecular weight is 396 g/mol. The molecule has 1 aliphatic carbocycles. The Balaban J connectivity index is 1.53. The van der Waals surface area contributed by atoms with Crippen LogP contribution < -0.4 is 0 Å². The van der Waals surface area contributed by atoms with Gasteiger partial charge in [0.25, 0.3) is 0 Å². The highest BCUT2D eigenvalue weighted by atomic mass is 32.2. The van der Waals surface area contributed by atoms with E-state index in [0.29, 0.717) is 37.6 Å². The summed E-state index contributed by atoms with van der Waals surface area (Å²) in [5.41, 5.74) is 0.438. The lowest BCUT2D eigenvalue weighted by Gasteiger charge is -2.43. The van der Waals surface area contributed by atoms with E-state index in [2.05, 4.69) is 23.9 Å². The molecule has 0 N–H and O–H groups in total. The van der Waals surface area contributed by atoms with Crippen LogP contribution in [0.5, 0.6) is 0 Å². The van der Waals surface area contributed by atoms with Crippen molar-refractivity contribution in [1.29, 1.82) is 0 Å². The molecule has 0 spiro atoms. The maximum absolute atomic E-state index is 11.1. The first kappa shape index (κ1) is 20.5. The molecule has 1 aromatic heterocycles. The molecule has 0 bridgehead atoms. The minimum absolute atomic E-state index is 0.0351. The molecule has 2 fully saturated rings. The molecule has 3 rings (SSSR count). The molecule has 1 saturated heterocycles. The van der Waals surface area contributed by atoms with Crippen LogP contribution in [0.25, 0.3) is 0 Å². The van der Waals surface area contributed by atoms with Gasteiger partial charge in [-0.15, -0.1) is 11.8 Å². The first-order valence-corrected chi connectivity index (χ1v) is 10.1. The number of hydrogen-bond donors (Lipinski definition) is 0. The van der Waals surface area contributed by atoms with Gasteiger partial charge in [-0.2, -0.15) is 0 Å². The SMILES string of the molecule is CN(CCn1c(C=O)cnc1C=O)CC1(SC2(C)COC(C)(C)OC2)CC1. The lowest BCUT2D eigenvalue weighted by Crippen LogP contribution is -2.49. The third-order valence-electron chi connectivity index (χ3n) is 5.13. The van der Waals surface area contributed by atoms with E-state index in [9.17, 15) is 9.59 Å². The van der Waals surface area contributed by atoms with Crippen molar-refractivity contribution >= 4 is 24.3 Å². The topological polar surface area (TPSA) is 73.7 Å². The first-order chi connectivity index (χ1) is 12.7. The maximum Gasteiger partial charge on any atom is 0.185 e. The molecule has 1 saturated carbocycles. The van der Waals surface area contributed by atoms with Gasteiger partial charge in [-0.3, -0.25) is 9.59 Å². The van der Waals surface area contributed by atoms with Crippen molar-refractivity contribution in [3.05, 3.63) is 17.7 Å². The van der Waals surface area contributed by atoms with Gasteiger partial charge in [0.05, 0.1) is 24.2 Å². The van der Waals surface area contributed by atoms with Gasteiger partial charge in [-0.25, -0.2) is 4.98 Å². The van der Waals surface area contributed by atoms with Gasteiger partial charge >= 0.3 is 0 Å². The molecule has 150 valence electrons. The second-order valence-corrected chi connectivity index (χ2v) is 10.4. The second kappa shape index (κ2) is 7.66. The van der Waals surface area contributed by atoms with Crippen LogP contribution in [0.2, 0.25) is 0 Å². The summed E-state index contributed by atoms with van der Waals surface area (Å²) in [4.78, 5) is 28.5.